The first kappa shape index (κ1) is 20.4. The molecule has 0 aliphatic heterocycles. The lowest BCUT2D eigenvalue weighted by molar-refractivity contribution is 0.523. The zero-order valence-electron chi connectivity index (χ0n) is 15.6. The van der Waals surface area contributed by atoms with Crippen LogP contribution < -0.4 is 10.6 Å². The minimum absolute atomic E-state index is 0.348. The third-order valence-corrected chi connectivity index (χ3v) is 7.02. The molecule has 8 heteroatoms. The van der Waals surface area contributed by atoms with Crippen molar-refractivity contribution in [3.63, 3.8) is 0 Å². The molecule has 1 aromatic carbocycles. The predicted octanol–water partition coefficient (Wildman–Crippen LogP) is 2.56. The van der Waals surface area contributed by atoms with Crippen molar-refractivity contribution in [3.8, 4) is 0 Å². The highest BCUT2D eigenvalue weighted by Gasteiger charge is 2.19. The number of nitrogens with one attached hydrogen (secondary N) is 2. The zero-order valence-corrected chi connectivity index (χ0v) is 17.2. The summed E-state index contributed by atoms with van der Waals surface area (Å²) < 4.78 is 25.9. The first-order valence-corrected chi connectivity index (χ1v) is 10.7. The number of hydrogen-bond acceptors (Lipinski definition) is 4. The molecule has 0 saturated carbocycles. The third-order valence-electron chi connectivity index (χ3n) is 3.65. The largest absolute Gasteiger partial charge is 0.357 e. The second kappa shape index (κ2) is 9.16. The molecule has 0 radical (unpaired) electrons. The summed E-state index contributed by atoms with van der Waals surface area (Å²) in [5.41, 5.74) is 2.36. The summed E-state index contributed by atoms with van der Waals surface area (Å²) in [5, 5.41) is 6.47. The van der Waals surface area contributed by atoms with E-state index in [-0.39, 0.29) is 0 Å². The lowest BCUT2D eigenvalue weighted by atomic mass is 10.1. The van der Waals surface area contributed by atoms with Gasteiger partial charge in [0.1, 0.15) is 4.21 Å². The molecule has 2 rings (SSSR count). The number of thiophene rings is 1. The van der Waals surface area contributed by atoms with Crippen LogP contribution in [0.25, 0.3) is 0 Å². The van der Waals surface area contributed by atoms with Gasteiger partial charge in [-0.2, -0.15) is 0 Å². The maximum Gasteiger partial charge on any atom is 0.252 e. The number of aliphatic imine (C=N–C) groups is 1. The van der Waals surface area contributed by atoms with Crippen LogP contribution in [0.1, 0.15) is 22.9 Å². The van der Waals surface area contributed by atoms with E-state index in [9.17, 15) is 8.42 Å². The molecule has 0 bridgehead atoms. The van der Waals surface area contributed by atoms with Crippen molar-refractivity contribution in [1.82, 2.24) is 14.9 Å². The summed E-state index contributed by atoms with van der Waals surface area (Å²) in [7, 11) is -0.305. The normalized spacial score (nSPS) is 12.4. The minimum atomic E-state index is -3.38. The van der Waals surface area contributed by atoms with Crippen molar-refractivity contribution in [3.05, 3.63) is 52.4 Å². The smallest absolute Gasteiger partial charge is 0.252 e. The molecule has 6 nitrogen and oxygen atoms in total. The number of hydrogen-bond donors (Lipinski definition) is 2. The predicted molar refractivity (Wildman–Crippen MR) is 108 cm³/mol. The molecule has 142 valence electrons. The fourth-order valence-corrected chi connectivity index (χ4v) is 4.73. The molecule has 0 unspecified atom stereocenters. The Balaban J connectivity index is 2.02. The average molecular weight is 395 g/mol. The van der Waals surface area contributed by atoms with Crippen LogP contribution in [0, 0.1) is 6.92 Å². The van der Waals surface area contributed by atoms with Crippen molar-refractivity contribution in [2.45, 2.75) is 31.1 Å². The van der Waals surface area contributed by atoms with Crippen LogP contribution in [0.3, 0.4) is 0 Å². The number of guanidine groups is 1. The van der Waals surface area contributed by atoms with Crippen molar-refractivity contribution in [2.24, 2.45) is 4.99 Å². The minimum Gasteiger partial charge on any atom is -0.357 e. The van der Waals surface area contributed by atoms with Gasteiger partial charge in [-0.05, 0) is 31.5 Å². The van der Waals surface area contributed by atoms with Crippen LogP contribution in [0.15, 0.2) is 45.6 Å². The molecule has 0 fully saturated rings. The zero-order chi connectivity index (χ0) is 19.2. The van der Waals surface area contributed by atoms with E-state index in [4.69, 9.17) is 0 Å². The molecule has 2 N–H and O–H groups in total. The van der Waals surface area contributed by atoms with Crippen LogP contribution in [-0.2, 0) is 23.1 Å². The van der Waals surface area contributed by atoms with E-state index in [1.165, 1.54) is 35.3 Å². The number of sulfonamides is 1. The summed E-state index contributed by atoms with van der Waals surface area (Å²) in [4.78, 5) is 5.53. The standard InChI is InChI=1S/C18H26N4O2S2/c1-5-19-18(20-12-15-8-6-7-14(2)11-15)21-13-16-9-10-17(25-16)26(23,24)22(3)4/h6-11H,5,12-13H2,1-4H3,(H2,19,20,21). The molecule has 0 amide bonds. The lowest BCUT2D eigenvalue weighted by Crippen LogP contribution is -2.36. The van der Waals surface area contributed by atoms with Crippen LogP contribution >= 0.6 is 11.3 Å². The molecule has 0 spiro atoms. The summed E-state index contributed by atoms with van der Waals surface area (Å²) in [5.74, 6) is 0.708. The molecule has 1 heterocycles. The van der Waals surface area contributed by atoms with Crippen molar-refractivity contribution >= 4 is 27.3 Å². The fourth-order valence-electron chi connectivity index (χ4n) is 2.27. The van der Waals surface area contributed by atoms with Crippen LogP contribution in [0.4, 0.5) is 0 Å². The van der Waals surface area contributed by atoms with Gasteiger partial charge < -0.3 is 10.6 Å². The summed E-state index contributed by atoms with van der Waals surface area (Å²) in [6, 6.07) is 11.7. The summed E-state index contributed by atoms with van der Waals surface area (Å²) in [6.45, 7) is 5.93. The van der Waals surface area contributed by atoms with E-state index in [0.717, 1.165) is 17.0 Å². The van der Waals surface area contributed by atoms with Gasteiger partial charge in [0, 0.05) is 25.5 Å². The second-order valence-corrected chi connectivity index (χ2v) is 9.59. The van der Waals surface area contributed by atoms with Gasteiger partial charge in [-0.15, -0.1) is 11.3 Å². The molecule has 0 saturated heterocycles. The van der Waals surface area contributed by atoms with E-state index < -0.39 is 10.0 Å². The van der Waals surface area contributed by atoms with Crippen LogP contribution in [0.2, 0.25) is 0 Å². The molecule has 0 aliphatic rings. The Labute approximate surface area is 160 Å². The van der Waals surface area contributed by atoms with Gasteiger partial charge in [0.05, 0.1) is 13.1 Å². The maximum absolute atomic E-state index is 12.2. The van der Waals surface area contributed by atoms with Gasteiger partial charge in [-0.25, -0.2) is 17.7 Å². The number of aryl methyl sites for hydroxylation is 1. The fraction of sp³-hybridized carbons (Fsp3) is 0.389. The topological polar surface area (TPSA) is 73.8 Å². The molecule has 0 atom stereocenters. The number of nitrogens with zero attached hydrogens (tertiary/aromatic N) is 2. The third kappa shape index (κ3) is 5.55. The van der Waals surface area contributed by atoms with Gasteiger partial charge in [0.15, 0.2) is 5.96 Å². The molecule has 26 heavy (non-hydrogen) atoms. The van der Waals surface area contributed by atoms with Gasteiger partial charge in [-0.1, -0.05) is 29.8 Å². The monoisotopic (exact) mass is 394 g/mol. The van der Waals surface area contributed by atoms with Gasteiger partial charge >= 0.3 is 0 Å². The highest BCUT2D eigenvalue weighted by Crippen LogP contribution is 2.23. The van der Waals surface area contributed by atoms with E-state index in [1.807, 2.05) is 19.1 Å². The Hall–Kier alpha value is -1.90. The average Bonchev–Trinajstić information content (AvgIpc) is 3.07. The summed E-state index contributed by atoms with van der Waals surface area (Å²) >= 11 is 1.27. The van der Waals surface area contributed by atoms with Gasteiger partial charge in [0.25, 0.3) is 10.0 Å². The van der Waals surface area contributed by atoms with E-state index in [1.54, 1.807) is 6.07 Å². The summed E-state index contributed by atoms with van der Waals surface area (Å²) in [6.07, 6.45) is 0. The number of rotatable bonds is 7. The van der Waals surface area contributed by atoms with Crippen LogP contribution in [0.5, 0.6) is 0 Å². The first-order valence-electron chi connectivity index (χ1n) is 8.42. The van der Waals surface area contributed by atoms with E-state index in [2.05, 4.69) is 40.7 Å². The second-order valence-electron chi connectivity index (χ2n) is 6.05. The quantitative estimate of drug-likeness (QED) is 0.559. The molecule has 1 aromatic heterocycles. The Morgan fingerprint density at radius 2 is 1.96 bits per heavy atom. The van der Waals surface area contributed by atoms with E-state index >= 15 is 0 Å². The molecular weight excluding hydrogens is 368 g/mol. The molecular formula is C18H26N4O2S2. The molecule has 2 aromatic rings. The Bertz CT molecular complexity index is 858. The van der Waals surface area contributed by atoms with Crippen molar-refractivity contribution < 1.29 is 8.42 Å². The lowest BCUT2D eigenvalue weighted by Gasteiger charge is -2.11. The Morgan fingerprint density at radius 1 is 1.19 bits per heavy atom. The first-order chi connectivity index (χ1) is 12.3. The van der Waals surface area contributed by atoms with Crippen molar-refractivity contribution in [1.29, 1.82) is 0 Å². The van der Waals surface area contributed by atoms with Gasteiger partial charge in [0.2, 0.25) is 0 Å². The number of benzene rings is 1. The van der Waals surface area contributed by atoms with Crippen molar-refractivity contribution in [2.75, 3.05) is 20.6 Å². The Kier molecular flexibility index (Phi) is 7.19. The Morgan fingerprint density at radius 3 is 2.62 bits per heavy atom. The van der Waals surface area contributed by atoms with Gasteiger partial charge in [-0.3, -0.25) is 0 Å². The van der Waals surface area contributed by atoms with Crippen LogP contribution in [-0.4, -0.2) is 39.3 Å². The highest BCUT2D eigenvalue weighted by molar-refractivity contribution is 7.91. The molecule has 0 aliphatic carbocycles. The highest BCUT2D eigenvalue weighted by atomic mass is 32.2. The SMILES string of the molecule is CCNC(=NCc1cccc(C)c1)NCc1ccc(S(=O)(=O)N(C)C)s1. The maximum atomic E-state index is 12.2. The van der Waals surface area contributed by atoms with E-state index in [0.29, 0.717) is 23.3 Å².